The predicted molar refractivity (Wildman–Crippen MR) is 77.7 cm³/mol. The molecule has 1 saturated heterocycles. The molecule has 3 atom stereocenters. The molecule has 3 fully saturated rings. The number of likely N-dealkylation sites (tertiary alicyclic amines) is 1. The van der Waals surface area contributed by atoms with Gasteiger partial charge in [-0.15, -0.1) is 0 Å². The van der Waals surface area contributed by atoms with E-state index in [1.165, 1.54) is 5.56 Å². The Kier molecular flexibility index (Phi) is 2.39. The van der Waals surface area contributed by atoms with E-state index in [2.05, 4.69) is 42.2 Å². The molecule has 1 aliphatic heterocycles. The van der Waals surface area contributed by atoms with Crippen LogP contribution in [0, 0.1) is 22.7 Å². The lowest BCUT2D eigenvalue weighted by Crippen LogP contribution is -2.38. The maximum absolute atomic E-state index is 11.9. The molecule has 0 bridgehead atoms. The first-order chi connectivity index (χ1) is 9.60. The summed E-state index contributed by atoms with van der Waals surface area (Å²) in [7, 11) is 0. The monoisotopic (exact) mass is 270 g/mol. The maximum atomic E-state index is 11.9. The van der Waals surface area contributed by atoms with Gasteiger partial charge in [-0.1, -0.05) is 37.3 Å². The largest absolute Gasteiger partial charge is 0.369 e. The van der Waals surface area contributed by atoms with Gasteiger partial charge in [0.1, 0.15) is 0 Å². The van der Waals surface area contributed by atoms with Gasteiger partial charge in [0, 0.05) is 25.0 Å². The fraction of sp³-hybridized carbons (Fsp3) is 0.588. The molecule has 2 aliphatic carbocycles. The molecule has 0 aromatic heterocycles. The van der Waals surface area contributed by atoms with E-state index >= 15 is 0 Å². The third-order valence-electron chi connectivity index (χ3n) is 6.27. The number of nitrogens with zero attached hydrogens (tertiary/aromatic N) is 1. The molecule has 3 nitrogen and oxygen atoms in total. The van der Waals surface area contributed by atoms with Crippen LogP contribution in [-0.2, 0) is 11.3 Å². The Labute approximate surface area is 120 Å². The second kappa shape index (κ2) is 3.85. The number of benzene rings is 1. The van der Waals surface area contributed by atoms with Gasteiger partial charge in [0.05, 0.1) is 5.41 Å². The van der Waals surface area contributed by atoms with E-state index in [4.69, 9.17) is 5.73 Å². The van der Waals surface area contributed by atoms with E-state index < -0.39 is 0 Å². The zero-order chi connectivity index (χ0) is 14.0. The predicted octanol–water partition coefficient (Wildman–Crippen LogP) is 2.02. The van der Waals surface area contributed by atoms with E-state index in [1.807, 2.05) is 0 Å². The van der Waals surface area contributed by atoms with Gasteiger partial charge in [0.25, 0.3) is 0 Å². The van der Waals surface area contributed by atoms with Crippen LogP contribution in [0.25, 0.3) is 0 Å². The van der Waals surface area contributed by atoms with E-state index in [9.17, 15) is 4.79 Å². The minimum atomic E-state index is -0.164. The highest BCUT2D eigenvalue weighted by atomic mass is 16.1. The van der Waals surface area contributed by atoms with Gasteiger partial charge in [-0.25, -0.2) is 0 Å². The quantitative estimate of drug-likeness (QED) is 0.910. The van der Waals surface area contributed by atoms with Gasteiger partial charge < -0.3 is 5.73 Å². The van der Waals surface area contributed by atoms with Crippen molar-refractivity contribution in [3.8, 4) is 0 Å². The molecule has 0 spiro atoms. The summed E-state index contributed by atoms with van der Waals surface area (Å²) < 4.78 is 0. The highest BCUT2D eigenvalue weighted by Crippen LogP contribution is 2.78. The van der Waals surface area contributed by atoms with Crippen LogP contribution in [0.2, 0.25) is 0 Å². The van der Waals surface area contributed by atoms with Crippen molar-refractivity contribution in [3.05, 3.63) is 35.9 Å². The zero-order valence-corrected chi connectivity index (χ0v) is 12.0. The third kappa shape index (κ3) is 1.42. The number of fused-ring (bicyclic) bond motifs is 1. The van der Waals surface area contributed by atoms with Crippen molar-refractivity contribution in [2.24, 2.45) is 28.4 Å². The smallest absolute Gasteiger partial charge is 0.224 e. The molecule has 3 heteroatoms. The SMILES string of the molecule is C[C@H]1[C@@H]2CN(Cc3ccccc3)C[C@]12C1(C(N)=O)CC1. The molecule has 1 aromatic rings. The molecule has 1 aromatic carbocycles. The first kappa shape index (κ1) is 12.4. The lowest BCUT2D eigenvalue weighted by Gasteiger charge is -2.27. The van der Waals surface area contributed by atoms with Crippen LogP contribution in [0.3, 0.4) is 0 Å². The Morgan fingerprint density at radius 3 is 2.65 bits per heavy atom. The topological polar surface area (TPSA) is 46.3 Å². The van der Waals surface area contributed by atoms with Gasteiger partial charge in [-0.05, 0) is 30.2 Å². The standard InChI is InChI=1S/C17H22N2O/c1-12-14-10-19(9-13-5-3-2-4-6-13)11-17(12,14)16(7-8-16)15(18)20/h2-6,12,14H,7-11H2,1H3,(H2,18,20)/t12-,14-,17-/m0/s1. The van der Waals surface area contributed by atoms with Crippen molar-refractivity contribution in [3.63, 3.8) is 0 Å². The fourth-order valence-corrected chi connectivity index (χ4v) is 4.99. The molecule has 2 N–H and O–H groups in total. The molecule has 0 radical (unpaired) electrons. The molecule has 2 saturated carbocycles. The summed E-state index contributed by atoms with van der Waals surface area (Å²) >= 11 is 0. The average molecular weight is 270 g/mol. The van der Waals surface area contributed by atoms with Gasteiger partial charge in [0.15, 0.2) is 0 Å². The summed E-state index contributed by atoms with van der Waals surface area (Å²) in [6.45, 7) is 5.50. The Balaban J connectivity index is 1.53. The minimum absolute atomic E-state index is 0.0478. The lowest BCUT2D eigenvalue weighted by molar-refractivity contribution is -0.126. The van der Waals surface area contributed by atoms with Gasteiger partial charge in [-0.2, -0.15) is 0 Å². The lowest BCUT2D eigenvalue weighted by atomic mass is 9.82. The van der Waals surface area contributed by atoms with E-state index in [0.29, 0.717) is 11.8 Å². The van der Waals surface area contributed by atoms with E-state index in [0.717, 1.165) is 32.5 Å². The molecule has 20 heavy (non-hydrogen) atoms. The first-order valence-corrected chi connectivity index (χ1v) is 7.66. The van der Waals surface area contributed by atoms with Crippen LogP contribution in [0.5, 0.6) is 0 Å². The Hall–Kier alpha value is -1.35. The van der Waals surface area contributed by atoms with Gasteiger partial charge in [-0.3, -0.25) is 9.69 Å². The van der Waals surface area contributed by atoms with Crippen molar-refractivity contribution in [2.45, 2.75) is 26.3 Å². The third-order valence-corrected chi connectivity index (χ3v) is 6.27. The Morgan fingerprint density at radius 1 is 1.35 bits per heavy atom. The number of hydrogen-bond donors (Lipinski definition) is 1. The molecular formula is C17H22N2O. The summed E-state index contributed by atoms with van der Waals surface area (Å²) in [4.78, 5) is 14.4. The summed E-state index contributed by atoms with van der Waals surface area (Å²) in [5, 5.41) is 0. The molecule has 3 aliphatic rings. The summed E-state index contributed by atoms with van der Waals surface area (Å²) in [6.07, 6.45) is 2.03. The van der Waals surface area contributed by atoms with E-state index in [1.54, 1.807) is 0 Å². The number of carbonyl (C=O) groups excluding carboxylic acids is 1. The molecular weight excluding hydrogens is 248 g/mol. The number of piperidine rings is 1. The highest BCUT2D eigenvalue weighted by Gasteiger charge is 2.80. The molecule has 0 unspecified atom stereocenters. The van der Waals surface area contributed by atoms with Gasteiger partial charge >= 0.3 is 0 Å². The van der Waals surface area contributed by atoms with Crippen LogP contribution in [-0.4, -0.2) is 23.9 Å². The first-order valence-electron chi connectivity index (χ1n) is 7.66. The summed E-state index contributed by atoms with van der Waals surface area (Å²) in [5.74, 6) is 1.30. The minimum Gasteiger partial charge on any atom is -0.369 e. The maximum Gasteiger partial charge on any atom is 0.224 e. The summed E-state index contributed by atoms with van der Waals surface area (Å²) in [5.41, 5.74) is 7.13. The number of amides is 1. The normalized spacial score (nSPS) is 37.5. The second-order valence-corrected chi connectivity index (χ2v) is 7.04. The van der Waals surface area contributed by atoms with Crippen LogP contribution in [0.1, 0.15) is 25.3 Å². The van der Waals surface area contributed by atoms with Gasteiger partial charge in [0.2, 0.25) is 5.91 Å². The van der Waals surface area contributed by atoms with Crippen LogP contribution < -0.4 is 5.73 Å². The number of primary amides is 1. The number of rotatable bonds is 4. The van der Waals surface area contributed by atoms with E-state index in [-0.39, 0.29) is 16.7 Å². The Bertz CT molecular complexity index is 551. The number of carbonyl (C=O) groups is 1. The molecule has 4 rings (SSSR count). The van der Waals surface area contributed by atoms with Crippen molar-refractivity contribution in [2.75, 3.05) is 13.1 Å². The number of nitrogens with two attached hydrogens (primary N) is 1. The van der Waals surface area contributed by atoms with Crippen molar-refractivity contribution >= 4 is 5.91 Å². The average Bonchev–Trinajstić information content (AvgIpc) is 3.30. The molecule has 1 amide bonds. The van der Waals surface area contributed by atoms with Crippen LogP contribution in [0.15, 0.2) is 30.3 Å². The Morgan fingerprint density at radius 2 is 2.05 bits per heavy atom. The molecule has 106 valence electrons. The van der Waals surface area contributed by atoms with Crippen LogP contribution >= 0.6 is 0 Å². The van der Waals surface area contributed by atoms with Crippen molar-refractivity contribution < 1.29 is 4.79 Å². The highest BCUT2D eigenvalue weighted by molar-refractivity contribution is 5.85. The number of hydrogen-bond acceptors (Lipinski definition) is 2. The second-order valence-electron chi connectivity index (χ2n) is 7.04. The fourth-order valence-electron chi connectivity index (χ4n) is 4.99. The van der Waals surface area contributed by atoms with Crippen molar-refractivity contribution in [1.29, 1.82) is 0 Å². The van der Waals surface area contributed by atoms with Crippen molar-refractivity contribution in [1.82, 2.24) is 4.90 Å². The molecule has 1 heterocycles. The van der Waals surface area contributed by atoms with Crippen LogP contribution in [0.4, 0.5) is 0 Å². The summed E-state index contributed by atoms with van der Waals surface area (Å²) in [6, 6.07) is 10.6. The zero-order valence-electron chi connectivity index (χ0n) is 12.0.